The van der Waals surface area contributed by atoms with Gasteiger partial charge in [-0.1, -0.05) is 6.42 Å². The van der Waals surface area contributed by atoms with Crippen molar-refractivity contribution in [2.75, 3.05) is 18.8 Å². The van der Waals surface area contributed by atoms with Crippen LogP contribution in [0.3, 0.4) is 0 Å². The van der Waals surface area contributed by atoms with Crippen LogP contribution in [-0.4, -0.2) is 43.1 Å². The van der Waals surface area contributed by atoms with E-state index in [0.717, 1.165) is 25.9 Å². The summed E-state index contributed by atoms with van der Waals surface area (Å²) >= 11 is 0. The van der Waals surface area contributed by atoms with E-state index < -0.39 is 14.8 Å². The number of hydrogen-bond acceptors (Lipinski definition) is 5. The van der Waals surface area contributed by atoms with Crippen molar-refractivity contribution >= 4 is 15.5 Å². The average molecular weight is 312 g/mol. The standard InChI is InChI=1S/C14H20N2O4S/c1-12(15-9-3-2-4-10-15)11-21(19,20)14-7-5-13(6-8-14)16(17)18/h5-8,12H,2-4,9-11H2,1H3/t12-/m1/s1. The van der Waals surface area contributed by atoms with Crippen molar-refractivity contribution in [1.29, 1.82) is 0 Å². The Hall–Kier alpha value is -1.47. The largest absolute Gasteiger partial charge is 0.300 e. The zero-order chi connectivity index (χ0) is 15.5. The van der Waals surface area contributed by atoms with Crippen molar-refractivity contribution in [3.05, 3.63) is 34.4 Å². The minimum atomic E-state index is -3.42. The molecule has 1 fully saturated rings. The Balaban J connectivity index is 2.08. The number of rotatable bonds is 5. The maximum absolute atomic E-state index is 12.4. The first kappa shape index (κ1) is 15.9. The molecule has 1 saturated heterocycles. The molecule has 2 rings (SSSR count). The molecule has 7 heteroatoms. The van der Waals surface area contributed by atoms with Gasteiger partial charge in [-0.15, -0.1) is 0 Å². The second-order valence-electron chi connectivity index (χ2n) is 5.48. The third kappa shape index (κ3) is 4.01. The van der Waals surface area contributed by atoms with Gasteiger partial charge in [-0.05, 0) is 45.0 Å². The summed E-state index contributed by atoms with van der Waals surface area (Å²) in [5.41, 5.74) is -0.0990. The van der Waals surface area contributed by atoms with Gasteiger partial charge in [0.2, 0.25) is 0 Å². The molecule has 21 heavy (non-hydrogen) atoms. The van der Waals surface area contributed by atoms with Gasteiger partial charge in [0.15, 0.2) is 9.84 Å². The molecule has 1 atom stereocenters. The number of nitro groups is 1. The Morgan fingerprint density at radius 3 is 2.29 bits per heavy atom. The van der Waals surface area contributed by atoms with Crippen LogP contribution in [-0.2, 0) is 9.84 Å². The van der Waals surface area contributed by atoms with Crippen LogP contribution in [0.4, 0.5) is 5.69 Å². The van der Waals surface area contributed by atoms with E-state index in [0.29, 0.717) is 0 Å². The van der Waals surface area contributed by atoms with Gasteiger partial charge in [0.1, 0.15) is 0 Å². The van der Waals surface area contributed by atoms with Gasteiger partial charge in [0.25, 0.3) is 5.69 Å². The summed E-state index contributed by atoms with van der Waals surface area (Å²) in [6.07, 6.45) is 3.43. The summed E-state index contributed by atoms with van der Waals surface area (Å²) in [4.78, 5) is 12.4. The third-order valence-electron chi connectivity index (χ3n) is 3.88. The van der Waals surface area contributed by atoms with Crippen LogP contribution in [0.1, 0.15) is 26.2 Å². The fourth-order valence-electron chi connectivity index (χ4n) is 2.65. The summed E-state index contributed by atoms with van der Waals surface area (Å²) < 4.78 is 24.7. The molecule has 0 unspecified atom stereocenters. The predicted octanol–water partition coefficient (Wildman–Crippen LogP) is 2.24. The molecule has 1 aromatic rings. The first-order chi connectivity index (χ1) is 9.90. The van der Waals surface area contributed by atoms with Gasteiger partial charge in [0, 0.05) is 18.2 Å². The lowest BCUT2D eigenvalue weighted by Gasteiger charge is -2.32. The van der Waals surface area contributed by atoms with Crippen molar-refractivity contribution in [3.8, 4) is 0 Å². The van der Waals surface area contributed by atoms with Gasteiger partial charge in [-0.3, -0.25) is 15.0 Å². The molecule has 0 spiro atoms. The molecular weight excluding hydrogens is 292 g/mol. The minimum Gasteiger partial charge on any atom is -0.300 e. The van der Waals surface area contributed by atoms with Crippen LogP contribution in [0, 0.1) is 10.1 Å². The Labute approximate surface area is 124 Å². The van der Waals surface area contributed by atoms with Crippen molar-refractivity contribution in [1.82, 2.24) is 4.90 Å². The molecule has 0 bridgehead atoms. The van der Waals surface area contributed by atoms with E-state index in [1.807, 2.05) is 6.92 Å². The van der Waals surface area contributed by atoms with Gasteiger partial charge in [-0.25, -0.2) is 8.42 Å². The number of nitro benzene ring substituents is 1. The molecule has 6 nitrogen and oxygen atoms in total. The smallest absolute Gasteiger partial charge is 0.269 e. The summed E-state index contributed by atoms with van der Waals surface area (Å²) in [5.74, 6) is 0.0464. The molecule has 1 aliphatic rings. The number of benzene rings is 1. The molecule has 0 saturated carbocycles. The number of nitrogens with zero attached hydrogens (tertiary/aromatic N) is 2. The van der Waals surface area contributed by atoms with Crippen molar-refractivity contribution in [3.63, 3.8) is 0 Å². The fraction of sp³-hybridized carbons (Fsp3) is 0.571. The zero-order valence-electron chi connectivity index (χ0n) is 12.1. The van der Waals surface area contributed by atoms with E-state index in [-0.39, 0.29) is 22.4 Å². The number of non-ortho nitro benzene ring substituents is 1. The van der Waals surface area contributed by atoms with E-state index in [1.165, 1.54) is 30.7 Å². The highest BCUT2D eigenvalue weighted by molar-refractivity contribution is 7.91. The molecule has 0 radical (unpaired) electrons. The number of hydrogen-bond donors (Lipinski definition) is 0. The fourth-order valence-corrected chi connectivity index (χ4v) is 4.24. The molecule has 1 heterocycles. The molecule has 116 valence electrons. The van der Waals surface area contributed by atoms with Crippen molar-refractivity contribution < 1.29 is 13.3 Å². The maximum atomic E-state index is 12.4. The van der Waals surface area contributed by atoms with Gasteiger partial charge in [-0.2, -0.15) is 0 Å². The summed E-state index contributed by atoms with van der Waals surface area (Å²) in [5, 5.41) is 10.6. The molecule has 1 aromatic carbocycles. The zero-order valence-corrected chi connectivity index (χ0v) is 12.9. The maximum Gasteiger partial charge on any atom is 0.269 e. The molecule has 0 N–H and O–H groups in total. The van der Waals surface area contributed by atoms with Crippen LogP contribution >= 0.6 is 0 Å². The van der Waals surface area contributed by atoms with E-state index >= 15 is 0 Å². The van der Waals surface area contributed by atoms with Crippen LogP contribution in [0.5, 0.6) is 0 Å². The molecular formula is C14H20N2O4S. The second kappa shape index (κ2) is 6.53. The Bertz CT molecular complexity index is 592. The molecule has 1 aliphatic heterocycles. The number of likely N-dealkylation sites (tertiary alicyclic amines) is 1. The summed E-state index contributed by atoms with van der Waals surface area (Å²) in [6.45, 7) is 3.81. The lowest BCUT2D eigenvalue weighted by molar-refractivity contribution is -0.384. The summed E-state index contributed by atoms with van der Waals surface area (Å²) in [7, 11) is -3.42. The summed E-state index contributed by atoms with van der Waals surface area (Å²) in [6, 6.07) is 5.06. The minimum absolute atomic E-state index is 0.0366. The van der Waals surface area contributed by atoms with E-state index in [4.69, 9.17) is 0 Å². The van der Waals surface area contributed by atoms with Gasteiger partial charge >= 0.3 is 0 Å². The van der Waals surface area contributed by atoms with Crippen LogP contribution in [0.25, 0.3) is 0 Å². The SMILES string of the molecule is C[C@H](CS(=O)(=O)c1ccc([N+](=O)[O-])cc1)N1CCCCC1. The lowest BCUT2D eigenvalue weighted by atomic mass is 10.1. The highest BCUT2D eigenvalue weighted by Crippen LogP contribution is 2.20. The van der Waals surface area contributed by atoms with Crippen LogP contribution in [0.2, 0.25) is 0 Å². The quantitative estimate of drug-likeness (QED) is 0.615. The third-order valence-corrected chi connectivity index (χ3v) is 5.79. The number of sulfone groups is 1. The molecule has 0 amide bonds. The normalized spacial score (nSPS) is 18.3. The Morgan fingerprint density at radius 1 is 1.19 bits per heavy atom. The monoisotopic (exact) mass is 312 g/mol. The van der Waals surface area contributed by atoms with Crippen LogP contribution in [0.15, 0.2) is 29.2 Å². The highest BCUT2D eigenvalue weighted by atomic mass is 32.2. The van der Waals surface area contributed by atoms with Crippen molar-refractivity contribution in [2.24, 2.45) is 0 Å². The predicted molar refractivity (Wildman–Crippen MR) is 80.0 cm³/mol. The first-order valence-electron chi connectivity index (χ1n) is 7.11. The number of piperidine rings is 1. The average Bonchev–Trinajstić information content (AvgIpc) is 2.48. The van der Waals surface area contributed by atoms with Gasteiger partial charge in [0.05, 0.1) is 15.6 Å². The highest BCUT2D eigenvalue weighted by Gasteiger charge is 2.24. The lowest BCUT2D eigenvalue weighted by Crippen LogP contribution is -2.41. The Kier molecular flexibility index (Phi) is 4.95. The van der Waals surface area contributed by atoms with Crippen molar-refractivity contribution in [2.45, 2.75) is 37.1 Å². The van der Waals surface area contributed by atoms with Crippen LogP contribution < -0.4 is 0 Å². The van der Waals surface area contributed by atoms with E-state index in [9.17, 15) is 18.5 Å². The molecule has 0 aromatic heterocycles. The Morgan fingerprint density at radius 2 is 1.76 bits per heavy atom. The second-order valence-corrected chi connectivity index (χ2v) is 7.51. The van der Waals surface area contributed by atoms with Gasteiger partial charge < -0.3 is 0 Å². The van der Waals surface area contributed by atoms with E-state index in [1.54, 1.807) is 0 Å². The first-order valence-corrected chi connectivity index (χ1v) is 8.76. The molecule has 0 aliphatic carbocycles. The topological polar surface area (TPSA) is 80.5 Å². The van der Waals surface area contributed by atoms with E-state index in [2.05, 4.69) is 4.90 Å².